The van der Waals surface area contributed by atoms with E-state index in [1.165, 1.54) is 6.42 Å². The predicted octanol–water partition coefficient (Wildman–Crippen LogP) is 2.72. The zero-order valence-corrected chi connectivity index (χ0v) is 13.8. The molecule has 1 aliphatic heterocycles. The number of hydrogen-bond donors (Lipinski definition) is 1. The van der Waals surface area contributed by atoms with Crippen molar-refractivity contribution >= 4 is 9.84 Å². The molecule has 0 aromatic heterocycles. The van der Waals surface area contributed by atoms with Gasteiger partial charge in [-0.25, -0.2) is 8.42 Å². The largest absolute Gasteiger partial charge is 0.316 e. The van der Waals surface area contributed by atoms with Gasteiger partial charge in [0, 0.05) is 0 Å². The molecule has 0 spiro atoms. The summed E-state index contributed by atoms with van der Waals surface area (Å²) >= 11 is 0. The third kappa shape index (κ3) is 6.75. The summed E-state index contributed by atoms with van der Waals surface area (Å²) < 4.78 is 23.3. The molecule has 1 heterocycles. The molecule has 0 aliphatic carbocycles. The first-order valence-corrected chi connectivity index (χ1v) is 9.53. The average molecular weight is 289 g/mol. The summed E-state index contributed by atoms with van der Waals surface area (Å²) in [5, 5.41) is 3.52. The summed E-state index contributed by atoms with van der Waals surface area (Å²) in [6.45, 7) is 10.9. The topological polar surface area (TPSA) is 46.2 Å². The van der Waals surface area contributed by atoms with E-state index < -0.39 is 9.84 Å². The van der Waals surface area contributed by atoms with Gasteiger partial charge in [0.2, 0.25) is 0 Å². The highest BCUT2D eigenvalue weighted by Gasteiger charge is 2.33. The van der Waals surface area contributed by atoms with Crippen molar-refractivity contribution in [3.05, 3.63) is 0 Å². The third-order valence-corrected chi connectivity index (χ3v) is 5.80. The molecule has 0 saturated carbocycles. The Morgan fingerprint density at radius 1 is 1.05 bits per heavy atom. The molecule has 1 fully saturated rings. The molecule has 1 saturated heterocycles. The highest BCUT2D eigenvalue weighted by Crippen LogP contribution is 2.29. The van der Waals surface area contributed by atoms with E-state index in [9.17, 15) is 8.42 Å². The van der Waals surface area contributed by atoms with Gasteiger partial charge in [-0.2, -0.15) is 0 Å². The molecule has 19 heavy (non-hydrogen) atoms. The lowest BCUT2D eigenvalue weighted by Gasteiger charge is -2.24. The maximum absolute atomic E-state index is 11.6. The standard InChI is InChI=1S/C15H31NO2S/c1-12(2)5-6-14(10-16-9-13(3)4)15-7-8-19(17,18)11-15/h12-16H,5-11H2,1-4H3. The lowest BCUT2D eigenvalue weighted by atomic mass is 9.86. The second kappa shape index (κ2) is 7.63. The first-order valence-electron chi connectivity index (χ1n) is 7.71. The lowest BCUT2D eigenvalue weighted by molar-refractivity contribution is 0.300. The Bertz CT molecular complexity index is 349. The fourth-order valence-electron chi connectivity index (χ4n) is 2.80. The van der Waals surface area contributed by atoms with E-state index in [1.807, 2.05) is 0 Å². The first kappa shape index (κ1) is 17.0. The van der Waals surface area contributed by atoms with Gasteiger partial charge in [0.25, 0.3) is 0 Å². The Morgan fingerprint density at radius 2 is 1.74 bits per heavy atom. The number of nitrogens with one attached hydrogen (secondary N) is 1. The predicted molar refractivity (Wildman–Crippen MR) is 82.0 cm³/mol. The molecule has 4 heteroatoms. The average Bonchev–Trinajstić information content (AvgIpc) is 2.63. The Balaban J connectivity index is 2.49. The Morgan fingerprint density at radius 3 is 2.21 bits per heavy atom. The minimum absolute atomic E-state index is 0.378. The summed E-state index contributed by atoms with van der Waals surface area (Å²) in [6, 6.07) is 0. The monoisotopic (exact) mass is 289 g/mol. The highest BCUT2D eigenvalue weighted by atomic mass is 32.2. The second-order valence-corrected chi connectivity index (χ2v) is 9.18. The van der Waals surface area contributed by atoms with Crippen LogP contribution in [0, 0.1) is 23.7 Å². The SMILES string of the molecule is CC(C)CCC(CNCC(C)C)C1CCS(=O)(=O)C1. The fraction of sp³-hybridized carbons (Fsp3) is 1.00. The van der Waals surface area contributed by atoms with Crippen LogP contribution in [0.15, 0.2) is 0 Å². The normalized spacial score (nSPS) is 24.2. The molecule has 0 bridgehead atoms. The minimum Gasteiger partial charge on any atom is -0.316 e. The van der Waals surface area contributed by atoms with Gasteiger partial charge >= 0.3 is 0 Å². The maximum atomic E-state index is 11.6. The van der Waals surface area contributed by atoms with Gasteiger partial charge in [0.15, 0.2) is 9.84 Å². The van der Waals surface area contributed by atoms with Gasteiger partial charge in [-0.15, -0.1) is 0 Å². The smallest absolute Gasteiger partial charge is 0.150 e. The van der Waals surface area contributed by atoms with Crippen LogP contribution in [0.5, 0.6) is 0 Å². The molecule has 2 atom stereocenters. The van der Waals surface area contributed by atoms with Gasteiger partial charge in [0.05, 0.1) is 11.5 Å². The Kier molecular flexibility index (Phi) is 6.81. The molecular weight excluding hydrogens is 258 g/mol. The maximum Gasteiger partial charge on any atom is 0.150 e. The summed E-state index contributed by atoms with van der Waals surface area (Å²) in [4.78, 5) is 0. The van der Waals surface area contributed by atoms with Crippen LogP contribution in [0.4, 0.5) is 0 Å². The zero-order chi connectivity index (χ0) is 14.5. The van der Waals surface area contributed by atoms with Gasteiger partial charge in [-0.3, -0.25) is 0 Å². The van der Waals surface area contributed by atoms with Crippen molar-refractivity contribution in [3.63, 3.8) is 0 Å². The second-order valence-electron chi connectivity index (χ2n) is 6.95. The van der Waals surface area contributed by atoms with Gasteiger partial charge in [-0.1, -0.05) is 34.1 Å². The van der Waals surface area contributed by atoms with E-state index in [4.69, 9.17) is 0 Å². The van der Waals surface area contributed by atoms with Crippen molar-refractivity contribution in [1.82, 2.24) is 5.32 Å². The molecule has 1 N–H and O–H groups in total. The first-order chi connectivity index (χ1) is 8.80. The lowest BCUT2D eigenvalue weighted by Crippen LogP contribution is -2.31. The molecular formula is C15H31NO2S. The van der Waals surface area contributed by atoms with Crippen molar-refractivity contribution < 1.29 is 8.42 Å². The van der Waals surface area contributed by atoms with Crippen LogP contribution in [0.2, 0.25) is 0 Å². The molecule has 0 radical (unpaired) electrons. The summed E-state index contributed by atoms with van der Waals surface area (Å²) in [6.07, 6.45) is 3.22. The van der Waals surface area contributed by atoms with Crippen molar-refractivity contribution in [2.45, 2.75) is 47.0 Å². The van der Waals surface area contributed by atoms with Crippen LogP contribution in [0.3, 0.4) is 0 Å². The quantitative estimate of drug-likeness (QED) is 0.747. The van der Waals surface area contributed by atoms with E-state index in [0.717, 1.165) is 25.9 Å². The third-order valence-electron chi connectivity index (χ3n) is 4.01. The van der Waals surface area contributed by atoms with E-state index in [0.29, 0.717) is 35.2 Å². The summed E-state index contributed by atoms with van der Waals surface area (Å²) in [7, 11) is -2.75. The molecule has 2 unspecified atom stereocenters. The molecule has 114 valence electrons. The van der Waals surface area contributed by atoms with E-state index in [-0.39, 0.29) is 0 Å². The van der Waals surface area contributed by atoms with Crippen LogP contribution in [0.25, 0.3) is 0 Å². The van der Waals surface area contributed by atoms with E-state index in [2.05, 4.69) is 33.0 Å². The van der Waals surface area contributed by atoms with Crippen LogP contribution in [-0.4, -0.2) is 33.0 Å². The van der Waals surface area contributed by atoms with E-state index in [1.54, 1.807) is 0 Å². The summed E-state index contributed by atoms with van der Waals surface area (Å²) in [5.74, 6) is 3.07. The Labute approximate surface area is 119 Å². The van der Waals surface area contributed by atoms with Crippen molar-refractivity contribution in [1.29, 1.82) is 0 Å². The number of hydrogen-bond acceptors (Lipinski definition) is 3. The summed E-state index contributed by atoms with van der Waals surface area (Å²) in [5.41, 5.74) is 0. The molecule has 0 aromatic carbocycles. The number of sulfone groups is 1. The van der Waals surface area contributed by atoms with Crippen molar-refractivity contribution in [2.24, 2.45) is 23.7 Å². The fourth-order valence-corrected chi connectivity index (χ4v) is 4.72. The molecule has 1 rings (SSSR count). The van der Waals surface area contributed by atoms with Gasteiger partial charge < -0.3 is 5.32 Å². The van der Waals surface area contributed by atoms with Gasteiger partial charge in [0.1, 0.15) is 0 Å². The van der Waals surface area contributed by atoms with Crippen LogP contribution < -0.4 is 5.32 Å². The number of rotatable bonds is 8. The Hall–Kier alpha value is -0.0900. The molecule has 1 aliphatic rings. The minimum atomic E-state index is -2.75. The molecule has 0 aromatic rings. The van der Waals surface area contributed by atoms with Gasteiger partial charge in [-0.05, 0) is 49.6 Å². The van der Waals surface area contributed by atoms with Crippen LogP contribution >= 0.6 is 0 Å². The van der Waals surface area contributed by atoms with Crippen LogP contribution in [-0.2, 0) is 9.84 Å². The van der Waals surface area contributed by atoms with E-state index >= 15 is 0 Å². The highest BCUT2D eigenvalue weighted by molar-refractivity contribution is 7.91. The van der Waals surface area contributed by atoms with Crippen LogP contribution in [0.1, 0.15) is 47.0 Å². The van der Waals surface area contributed by atoms with Crippen molar-refractivity contribution in [2.75, 3.05) is 24.6 Å². The molecule has 3 nitrogen and oxygen atoms in total. The zero-order valence-electron chi connectivity index (χ0n) is 13.0. The van der Waals surface area contributed by atoms with Crippen molar-refractivity contribution in [3.8, 4) is 0 Å². The molecule has 0 amide bonds.